The van der Waals surface area contributed by atoms with Crippen molar-refractivity contribution in [3.05, 3.63) is 59.4 Å². The lowest BCUT2D eigenvalue weighted by molar-refractivity contribution is -0.166. The summed E-state index contributed by atoms with van der Waals surface area (Å²) in [5.74, 6) is -0.205. The first-order valence-corrected chi connectivity index (χ1v) is 12.2. The van der Waals surface area contributed by atoms with Gasteiger partial charge in [-0.3, -0.25) is 4.68 Å². The van der Waals surface area contributed by atoms with Crippen molar-refractivity contribution in [2.24, 2.45) is 0 Å². The fraction of sp³-hybridized carbons (Fsp3) is 0.429. The lowest BCUT2D eigenvalue weighted by atomic mass is 9.84. The van der Waals surface area contributed by atoms with E-state index < -0.39 is 29.4 Å². The van der Waals surface area contributed by atoms with E-state index in [1.54, 1.807) is 50.0 Å². The molecule has 3 aromatic rings. The minimum atomic E-state index is -4.75. The van der Waals surface area contributed by atoms with E-state index in [2.05, 4.69) is 5.10 Å². The summed E-state index contributed by atoms with van der Waals surface area (Å²) in [5, 5.41) is 4.32. The molecule has 2 heterocycles. The molecule has 9 heteroatoms. The summed E-state index contributed by atoms with van der Waals surface area (Å²) in [6, 6.07) is 7.76. The van der Waals surface area contributed by atoms with Gasteiger partial charge in [-0.2, -0.15) is 18.3 Å². The average molecular weight is 517 g/mol. The van der Waals surface area contributed by atoms with E-state index in [-0.39, 0.29) is 11.1 Å². The number of fused-ring (bicyclic) bond motifs is 1. The topological polar surface area (TPSA) is 62.6 Å². The quantitative estimate of drug-likeness (QED) is 0.345. The van der Waals surface area contributed by atoms with E-state index in [0.29, 0.717) is 35.6 Å². The standard InChI is InChI=1S/C28H31F3N2O4/c1-6-33-16-19(15-32-33)20-10-11-21(28(29,30)31)24(25(26(34)35-5)37-27(2,3)4)23(20)18-9-12-22-17(14-18)8-7-13-36-22/h9-12,14-16,25H,6-8,13H2,1-5H3. The van der Waals surface area contributed by atoms with Crippen LogP contribution in [-0.4, -0.2) is 35.1 Å². The van der Waals surface area contributed by atoms with Crippen LogP contribution in [0, 0.1) is 0 Å². The Labute approximate surface area is 214 Å². The third-order valence-corrected chi connectivity index (χ3v) is 6.17. The molecule has 1 aliphatic rings. The molecule has 0 saturated heterocycles. The van der Waals surface area contributed by atoms with Gasteiger partial charge in [-0.1, -0.05) is 12.1 Å². The number of hydrogen-bond acceptors (Lipinski definition) is 5. The van der Waals surface area contributed by atoms with Crippen LogP contribution < -0.4 is 4.74 Å². The lowest BCUT2D eigenvalue weighted by Gasteiger charge is -2.30. The number of methoxy groups -OCH3 is 1. The second-order valence-corrected chi connectivity index (χ2v) is 9.94. The number of esters is 1. The molecule has 0 saturated carbocycles. The maximum atomic E-state index is 14.5. The van der Waals surface area contributed by atoms with Gasteiger partial charge >= 0.3 is 12.1 Å². The molecular formula is C28H31F3N2O4. The maximum absolute atomic E-state index is 14.5. The molecule has 198 valence electrons. The van der Waals surface area contributed by atoms with E-state index in [1.165, 1.54) is 6.07 Å². The van der Waals surface area contributed by atoms with E-state index in [1.807, 2.05) is 13.0 Å². The third kappa shape index (κ3) is 5.66. The number of carbonyl (C=O) groups excluding carboxylic acids is 1. The van der Waals surface area contributed by atoms with Crippen LogP contribution in [0.5, 0.6) is 5.75 Å². The van der Waals surface area contributed by atoms with Gasteiger partial charge in [0, 0.05) is 23.9 Å². The molecule has 37 heavy (non-hydrogen) atoms. The Hall–Kier alpha value is -3.33. The van der Waals surface area contributed by atoms with Crippen LogP contribution in [0.4, 0.5) is 13.2 Å². The van der Waals surface area contributed by atoms with Crippen molar-refractivity contribution in [1.82, 2.24) is 9.78 Å². The second-order valence-electron chi connectivity index (χ2n) is 9.94. The Bertz CT molecular complexity index is 1290. The van der Waals surface area contributed by atoms with Crippen LogP contribution in [0.1, 0.15) is 56.9 Å². The fourth-order valence-electron chi connectivity index (χ4n) is 4.57. The first-order valence-electron chi connectivity index (χ1n) is 12.2. The summed E-state index contributed by atoms with van der Waals surface area (Å²) in [5.41, 5.74) is 0.621. The summed E-state index contributed by atoms with van der Waals surface area (Å²) in [6.07, 6.45) is -1.45. The second kappa shape index (κ2) is 10.2. The Morgan fingerprint density at radius 1 is 1.16 bits per heavy atom. The van der Waals surface area contributed by atoms with Gasteiger partial charge in [0.25, 0.3) is 0 Å². The SMILES string of the molecule is CCn1cc(-c2ccc(C(F)(F)F)c(C(OC(C)(C)C)C(=O)OC)c2-c2ccc3c(c2)CCCO3)cn1. The fourth-order valence-corrected chi connectivity index (χ4v) is 4.57. The zero-order chi connectivity index (χ0) is 27.0. The molecule has 6 nitrogen and oxygen atoms in total. The first kappa shape index (κ1) is 26.7. The van der Waals surface area contributed by atoms with Crippen LogP contribution in [0.2, 0.25) is 0 Å². The molecule has 0 N–H and O–H groups in total. The minimum Gasteiger partial charge on any atom is -0.493 e. The van der Waals surface area contributed by atoms with E-state index in [4.69, 9.17) is 14.2 Å². The number of aryl methyl sites for hydroxylation is 2. The number of aromatic nitrogens is 2. The normalized spacial score (nSPS) is 14.6. The molecule has 1 aromatic heterocycles. The van der Waals surface area contributed by atoms with Crippen molar-refractivity contribution >= 4 is 5.97 Å². The van der Waals surface area contributed by atoms with E-state index >= 15 is 0 Å². The van der Waals surface area contributed by atoms with Gasteiger partial charge in [-0.05, 0) is 81.0 Å². The molecule has 1 aliphatic heterocycles. The van der Waals surface area contributed by atoms with Gasteiger partial charge in [0.05, 0.1) is 31.1 Å². The van der Waals surface area contributed by atoms with Gasteiger partial charge in [-0.25, -0.2) is 4.79 Å². The van der Waals surface area contributed by atoms with Crippen molar-refractivity contribution < 1.29 is 32.2 Å². The zero-order valence-corrected chi connectivity index (χ0v) is 21.6. The molecule has 0 spiro atoms. The highest BCUT2D eigenvalue weighted by atomic mass is 19.4. The summed E-state index contributed by atoms with van der Waals surface area (Å²) in [4.78, 5) is 13.0. The maximum Gasteiger partial charge on any atom is 0.416 e. The molecule has 0 fully saturated rings. The lowest BCUT2D eigenvalue weighted by Crippen LogP contribution is -2.30. The molecule has 0 amide bonds. The first-order chi connectivity index (χ1) is 17.4. The summed E-state index contributed by atoms with van der Waals surface area (Å²) in [7, 11) is 1.14. The number of rotatable bonds is 6. The predicted octanol–water partition coefficient (Wildman–Crippen LogP) is 6.61. The van der Waals surface area contributed by atoms with Crippen LogP contribution in [0.15, 0.2) is 42.7 Å². The molecule has 2 aromatic carbocycles. The van der Waals surface area contributed by atoms with Gasteiger partial charge in [0.2, 0.25) is 0 Å². The predicted molar refractivity (Wildman–Crippen MR) is 133 cm³/mol. The molecule has 0 bridgehead atoms. The molecular weight excluding hydrogens is 485 g/mol. The number of halogens is 3. The number of alkyl halides is 3. The molecule has 1 unspecified atom stereocenters. The Kier molecular flexibility index (Phi) is 7.37. The third-order valence-electron chi connectivity index (χ3n) is 6.17. The highest BCUT2D eigenvalue weighted by molar-refractivity contribution is 5.91. The number of nitrogens with zero attached hydrogens (tertiary/aromatic N) is 2. The van der Waals surface area contributed by atoms with Crippen LogP contribution in [-0.2, 0) is 33.4 Å². The monoisotopic (exact) mass is 516 g/mol. The van der Waals surface area contributed by atoms with Crippen molar-refractivity contribution in [1.29, 1.82) is 0 Å². The van der Waals surface area contributed by atoms with Crippen LogP contribution in [0.25, 0.3) is 22.3 Å². The van der Waals surface area contributed by atoms with Gasteiger partial charge in [0.1, 0.15) is 5.75 Å². The van der Waals surface area contributed by atoms with Crippen molar-refractivity contribution in [2.75, 3.05) is 13.7 Å². The van der Waals surface area contributed by atoms with Crippen molar-refractivity contribution in [3.8, 4) is 28.0 Å². The number of benzene rings is 2. The van der Waals surface area contributed by atoms with E-state index in [9.17, 15) is 18.0 Å². The van der Waals surface area contributed by atoms with Crippen molar-refractivity contribution in [3.63, 3.8) is 0 Å². The minimum absolute atomic E-state index is 0.249. The largest absolute Gasteiger partial charge is 0.493 e. The van der Waals surface area contributed by atoms with Crippen LogP contribution >= 0.6 is 0 Å². The average Bonchev–Trinajstić information content (AvgIpc) is 3.34. The molecule has 1 atom stereocenters. The van der Waals surface area contributed by atoms with Gasteiger partial charge in [0.15, 0.2) is 6.10 Å². The van der Waals surface area contributed by atoms with Crippen molar-refractivity contribution in [2.45, 2.75) is 65.0 Å². The highest BCUT2D eigenvalue weighted by Crippen LogP contribution is 2.47. The number of carbonyl (C=O) groups is 1. The Morgan fingerprint density at radius 3 is 2.54 bits per heavy atom. The van der Waals surface area contributed by atoms with Crippen LogP contribution in [0.3, 0.4) is 0 Å². The zero-order valence-electron chi connectivity index (χ0n) is 21.6. The van der Waals surface area contributed by atoms with Gasteiger partial charge < -0.3 is 14.2 Å². The summed E-state index contributed by atoms with van der Waals surface area (Å²) in [6.45, 7) is 8.15. The smallest absolute Gasteiger partial charge is 0.416 e. The number of hydrogen-bond donors (Lipinski definition) is 0. The number of ether oxygens (including phenoxy) is 3. The van der Waals surface area contributed by atoms with Gasteiger partial charge in [-0.15, -0.1) is 0 Å². The Balaban J connectivity index is 2.10. The summed E-state index contributed by atoms with van der Waals surface area (Å²) >= 11 is 0. The molecule has 0 radical (unpaired) electrons. The summed E-state index contributed by atoms with van der Waals surface area (Å²) < 4.78 is 62.0. The highest BCUT2D eigenvalue weighted by Gasteiger charge is 2.42. The van der Waals surface area contributed by atoms with E-state index in [0.717, 1.165) is 31.6 Å². The Morgan fingerprint density at radius 2 is 1.92 bits per heavy atom. The molecule has 0 aliphatic carbocycles. The molecule has 4 rings (SSSR count).